The molecule has 0 spiro atoms. The average molecular weight is 346 g/mol. The number of hydrogen-bond acceptors (Lipinski definition) is 4. The lowest BCUT2D eigenvalue weighted by molar-refractivity contribution is -0.192. The van der Waals surface area contributed by atoms with Crippen LogP contribution in [0.15, 0.2) is 23.8 Å². The minimum atomic E-state index is -1.76. The van der Waals surface area contributed by atoms with Crippen LogP contribution in [0.2, 0.25) is 0 Å². The van der Waals surface area contributed by atoms with Crippen molar-refractivity contribution in [3.8, 4) is 0 Å². The maximum absolute atomic E-state index is 11.8. The van der Waals surface area contributed by atoms with Crippen molar-refractivity contribution < 1.29 is 24.9 Å². The molecule has 0 aromatic carbocycles. The minimum Gasteiger partial charge on any atom is -0.479 e. The van der Waals surface area contributed by atoms with Crippen molar-refractivity contribution in [2.24, 2.45) is 28.6 Å². The topological polar surface area (TPSA) is 94.8 Å². The molecule has 3 N–H and O–H groups in total. The van der Waals surface area contributed by atoms with Gasteiger partial charge in [-0.15, -0.1) is 0 Å². The fourth-order valence-electron chi connectivity index (χ4n) is 6.68. The highest BCUT2D eigenvalue weighted by Gasteiger charge is 2.68. The average Bonchev–Trinajstić information content (AvgIpc) is 2.80. The maximum Gasteiger partial charge on any atom is 0.336 e. The summed E-state index contributed by atoms with van der Waals surface area (Å²) in [6, 6.07) is 0. The molecule has 3 saturated carbocycles. The van der Waals surface area contributed by atoms with Gasteiger partial charge in [0.25, 0.3) is 0 Å². The van der Waals surface area contributed by atoms with Crippen LogP contribution in [0.3, 0.4) is 0 Å². The summed E-state index contributed by atoms with van der Waals surface area (Å²) in [5, 5.41) is 31.6. The molecule has 0 bridgehead atoms. The molecule has 0 aromatic heterocycles. The van der Waals surface area contributed by atoms with E-state index in [0.29, 0.717) is 6.42 Å². The first kappa shape index (κ1) is 17.0. The predicted molar refractivity (Wildman–Crippen MR) is 90.6 cm³/mol. The highest BCUT2D eigenvalue weighted by atomic mass is 16.4. The summed E-state index contributed by atoms with van der Waals surface area (Å²) in [5.41, 5.74) is -1.86. The molecule has 4 aliphatic rings. The van der Waals surface area contributed by atoms with Gasteiger partial charge in [-0.2, -0.15) is 0 Å². The predicted octanol–water partition coefficient (Wildman–Crippen LogP) is 2.08. The molecule has 3 fully saturated rings. The van der Waals surface area contributed by atoms with E-state index >= 15 is 0 Å². The van der Waals surface area contributed by atoms with Gasteiger partial charge in [-0.25, -0.2) is 4.79 Å². The van der Waals surface area contributed by atoms with Crippen molar-refractivity contribution in [1.29, 1.82) is 0 Å². The van der Waals surface area contributed by atoms with Crippen molar-refractivity contribution in [2.45, 2.75) is 57.7 Å². The first-order chi connectivity index (χ1) is 11.6. The van der Waals surface area contributed by atoms with Crippen LogP contribution in [0.25, 0.3) is 0 Å². The standard InChI is InChI=1S/C20H26O5/c1-18-7-5-12(21)9-11(18)3-4-13-14-6-8-20(25,17(23)24)19(14,2)10-15(22)16(13)18/h5,7,9,13-16,22,25H,3-4,6,8,10H2,1-2H3,(H,23,24)/t13-,14+,15-,16+,18+,19+,20+/m1/s1. The van der Waals surface area contributed by atoms with Crippen LogP contribution >= 0.6 is 0 Å². The summed E-state index contributed by atoms with van der Waals surface area (Å²) in [6.07, 6.45) is 7.37. The number of aliphatic carboxylic acids is 1. The Morgan fingerprint density at radius 3 is 2.68 bits per heavy atom. The molecule has 7 atom stereocenters. The van der Waals surface area contributed by atoms with Crippen molar-refractivity contribution >= 4 is 11.8 Å². The largest absolute Gasteiger partial charge is 0.479 e. The second kappa shape index (κ2) is 5.04. The SMILES string of the molecule is C[C@]12C=CC(=O)C=C1CC[C@H]1[C@H]2[C@H](O)C[C@@]2(C)[C@H]1CC[C@]2(O)C(=O)O. The number of carboxylic acids is 1. The summed E-state index contributed by atoms with van der Waals surface area (Å²) < 4.78 is 0. The van der Waals surface area contributed by atoms with E-state index in [9.17, 15) is 24.9 Å². The van der Waals surface area contributed by atoms with E-state index in [2.05, 4.69) is 6.92 Å². The molecule has 4 aliphatic carbocycles. The number of carbonyl (C=O) groups excluding carboxylic acids is 1. The lowest BCUT2D eigenvalue weighted by atomic mass is 9.46. The number of aliphatic hydroxyl groups is 2. The van der Waals surface area contributed by atoms with Crippen LogP contribution in [0.4, 0.5) is 0 Å². The molecule has 0 heterocycles. The van der Waals surface area contributed by atoms with E-state index in [0.717, 1.165) is 18.4 Å². The Morgan fingerprint density at radius 2 is 2.00 bits per heavy atom. The molecule has 5 nitrogen and oxygen atoms in total. The number of carbonyl (C=O) groups is 2. The molecule has 25 heavy (non-hydrogen) atoms. The number of rotatable bonds is 1. The molecule has 4 rings (SSSR count). The third-order valence-corrected chi connectivity index (χ3v) is 8.00. The lowest BCUT2D eigenvalue weighted by Crippen LogP contribution is -2.61. The molecular formula is C20H26O5. The van der Waals surface area contributed by atoms with Gasteiger partial charge in [-0.3, -0.25) is 4.79 Å². The second-order valence-corrected chi connectivity index (χ2v) is 8.92. The van der Waals surface area contributed by atoms with Gasteiger partial charge in [0.15, 0.2) is 11.4 Å². The number of ketones is 1. The zero-order valence-corrected chi connectivity index (χ0v) is 14.7. The molecule has 0 aromatic rings. The highest BCUT2D eigenvalue weighted by molar-refractivity contribution is 6.01. The summed E-state index contributed by atoms with van der Waals surface area (Å²) in [7, 11) is 0. The Bertz CT molecular complexity index is 709. The Labute approximate surface area is 147 Å². The molecule has 0 amide bonds. The maximum atomic E-state index is 11.8. The number of aliphatic hydroxyl groups excluding tert-OH is 1. The van der Waals surface area contributed by atoms with Gasteiger partial charge in [0.05, 0.1) is 6.10 Å². The fourth-order valence-corrected chi connectivity index (χ4v) is 6.68. The Kier molecular flexibility index (Phi) is 3.42. The van der Waals surface area contributed by atoms with Gasteiger partial charge in [-0.05, 0) is 56.1 Å². The Morgan fingerprint density at radius 1 is 1.28 bits per heavy atom. The smallest absolute Gasteiger partial charge is 0.336 e. The van der Waals surface area contributed by atoms with E-state index < -0.39 is 23.1 Å². The van der Waals surface area contributed by atoms with Crippen LogP contribution in [0.1, 0.15) is 46.0 Å². The minimum absolute atomic E-state index is 0.00202. The Hall–Kier alpha value is -1.46. The summed E-state index contributed by atoms with van der Waals surface area (Å²) in [4.78, 5) is 23.6. The van der Waals surface area contributed by atoms with Crippen LogP contribution in [0, 0.1) is 28.6 Å². The number of fused-ring (bicyclic) bond motifs is 5. The Balaban J connectivity index is 1.76. The summed E-state index contributed by atoms with van der Waals surface area (Å²) >= 11 is 0. The molecule has 0 radical (unpaired) electrons. The van der Waals surface area contributed by atoms with Gasteiger partial charge >= 0.3 is 5.97 Å². The van der Waals surface area contributed by atoms with Gasteiger partial charge in [0.2, 0.25) is 0 Å². The monoisotopic (exact) mass is 346 g/mol. The lowest BCUT2D eigenvalue weighted by Gasteiger charge is -2.59. The van der Waals surface area contributed by atoms with Gasteiger partial charge in [0.1, 0.15) is 0 Å². The van der Waals surface area contributed by atoms with Crippen LogP contribution in [-0.2, 0) is 9.59 Å². The summed E-state index contributed by atoms with van der Waals surface area (Å²) in [5.74, 6) is -0.976. The molecular weight excluding hydrogens is 320 g/mol. The molecule has 0 saturated heterocycles. The first-order valence-electron chi connectivity index (χ1n) is 9.21. The van der Waals surface area contributed by atoms with E-state index in [4.69, 9.17) is 0 Å². The van der Waals surface area contributed by atoms with E-state index in [1.807, 2.05) is 13.0 Å². The third kappa shape index (κ3) is 1.97. The second-order valence-electron chi connectivity index (χ2n) is 8.92. The van der Waals surface area contributed by atoms with Crippen molar-refractivity contribution in [3.05, 3.63) is 23.8 Å². The molecule has 0 unspecified atom stereocenters. The summed E-state index contributed by atoms with van der Waals surface area (Å²) in [6.45, 7) is 3.93. The van der Waals surface area contributed by atoms with Gasteiger partial charge in [0, 0.05) is 16.7 Å². The van der Waals surface area contributed by atoms with Gasteiger partial charge in [-0.1, -0.05) is 25.5 Å². The van der Waals surface area contributed by atoms with E-state index in [-0.39, 0.29) is 41.8 Å². The fraction of sp³-hybridized carbons (Fsp3) is 0.700. The molecule has 0 aliphatic heterocycles. The quantitative estimate of drug-likeness (QED) is 0.676. The normalized spacial score (nSPS) is 51.4. The molecule has 136 valence electrons. The van der Waals surface area contributed by atoms with Gasteiger partial charge < -0.3 is 15.3 Å². The number of hydrogen-bond donors (Lipinski definition) is 3. The van der Waals surface area contributed by atoms with Crippen molar-refractivity contribution in [2.75, 3.05) is 0 Å². The zero-order valence-electron chi connectivity index (χ0n) is 14.7. The third-order valence-electron chi connectivity index (χ3n) is 8.00. The van der Waals surface area contributed by atoms with E-state index in [1.54, 1.807) is 12.2 Å². The highest BCUT2D eigenvalue weighted by Crippen LogP contribution is 2.66. The zero-order chi connectivity index (χ0) is 18.2. The van der Waals surface area contributed by atoms with Crippen LogP contribution in [-0.4, -0.2) is 38.8 Å². The first-order valence-corrected chi connectivity index (χ1v) is 9.21. The van der Waals surface area contributed by atoms with Crippen molar-refractivity contribution in [1.82, 2.24) is 0 Å². The molecule has 5 heteroatoms. The van der Waals surface area contributed by atoms with Crippen LogP contribution < -0.4 is 0 Å². The van der Waals surface area contributed by atoms with Crippen molar-refractivity contribution in [3.63, 3.8) is 0 Å². The van der Waals surface area contributed by atoms with E-state index in [1.165, 1.54) is 0 Å². The number of carboxylic acid groups (broad SMARTS) is 1. The van der Waals surface area contributed by atoms with Crippen LogP contribution in [0.5, 0.6) is 0 Å². The number of allylic oxidation sites excluding steroid dienone is 4.